The summed E-state index contributed by atoms with van der Waals surface area (Å²) in [5, 5.41) is 12.4. The molecule has 1 atom stereocenters. The normalized spacial score (nSPS) is 14.1. The van der Waals surface area contributed by atoms with Gasteiger partial charge in [-0.25, -0.2) is 0 Å². The van der Waals surface area contributed by atoms with E-state index in [0.29, 0.717) is 5.56 Å². The number of nitriles is 1. The van der Waals surface area contributed by atoms with Gasteiger partial charge in [-0.2, -0.15) is 5.26 Å². The lowest BCUT2D eigenvalue weighted by Crippen LogP contribution is -2.18. The average molecular weight is 278 g/mol. The second-order valence-electron chi connectivity index (χ2n) is 5.38. The van der Waals surface area contributed by atoms with Gasteiger partial charge in [-0.15, -0.1) is 0 Å². The molecule has 0 spiro atoms. The first kappa shape index (κ1) is 13.7. The van der Waals surface area contributed by atoms with Gasteiger partial charge in [0, 0.05) is 19.0 Å². The molecule has 0 amide bonds. The third-order valence-corrected chi connectivity index (χ3v) is 3.88. The molecule has 21 heavy (non-hydrogen) atoms. The molecule has 0 bridgehead atoms. The monoisotopic (exact) mass is 278 g/mol. The molecule has 1 aliphatic rings. The van der Waals surface area contributed by atoms with Crippen LogP contribution in [0, 0.1) is 11.3 Å². The molecule has 0 saturated heterocycles. The van der Waals surface area contributed by atoms with Crippen molar-refractivity contribution in [2.24, 2.45) is 0 Å². The van der Waals surface area contributed by atoms with E-state index >= 15 is 0 Å². The summed E-state index contributed by atoms with van der Waals surface area (Å²) in [6, 6.07) is 16.6. The Morgan fingerprint density at radius 1 is 1.29 bits per heavy atom. The van der Waals surface area contributed by atoms with Crippen molar-refractivity contribution in [2.75, 3.05) is 6.61 Å². The van der Waals surface area contributed by atoms with Crippen molar-refractivity contribution >= 4 is 0 Å². The Morgan fingerprint density at radius 2 is 2.19 bits per heavy atom. The van der Waals surface area contributed by atoms with Crippen molar-refractivity contribution in [1.29, 1.82) is 5.26 Å². The second-order valence-corrected chi connectivity index (χ2v) is 5.38. The molecule has 1 N–H and O–H groups in total. The molecule has 1 aliphatic heterocycles. The van der Waals surface area contributed by atoms with Gasteiger partial charge in [0.25, 0.3) is 0 Å². The Labute approximate surface area is 125 Å². The molecule has 0 fully saturated rings. The number of nitrogens with one attached hydrogen (secondary N) is 1. The maximum atomic E-state index is 8.92. The summed E-state index contributed by atoms with van der Waals surface area (Å²) >= 11 is 0. The van der Waals surface area contributed by atoms with Crippen molar-refractivity contribution in [2.45, 2.75) is 25.9 Å². The molecule has 0 aliphatic carbocycles. The molecule has 1 unspecified atom stereocenters. The van der Waals surface area contributed by atoms with Crippen LogP contribution in [0.15, 0.2) is 42.5 Å². The first-order valence-corrected chi connectivity index (χ1v) is 7.24. The lowest BCUT2D eigenvalue weighted by Gasteiger charge is -2.15. The van der Waals surface area contributed by atoms with Gasteiger partial charge in [-0.1, -0.05) is 24.3 Å². The number of hydrogen-bond donors (Lipinski definition) is 1. The predicted octanol–water partition coefficient (Wildman–Crippen LogP) is 3.34. The zero-order valence-electron chi connectivity index (χ0n) is 12.1. The molecule has 2 aromatic carbocycles. The fraction of sp³-hybridized carbons (Fsp3) is 0.278. The quantitative estimate of drug-likeness (QED) is 0.933. The summed E-state index contributed by atoms with van der Waals surface area (Å²) in [4.78, 5) is 0. The third-order valence-electron chi connectivity index (χ3n) is 3.88. The van der Waals surface area contributed by atoms with E-state index < -0.39 is 0 Å². The summed E-state index contributed by atoms with van der Waals surface area (Å²) in [6.07, 6.45) is 1.00. The van der Waals surface area contributed by atoms with E-state index in [1.807, 2.05) is 24.3 Å². The minimum atomic E-state index is 0.265. The van der Waals surface area contributed by atoms with Crippen LogP contribution in [0.25, 0.3) is 0 Å². The van der Waals surface area contributed by atoms with Crippen molar-refractivity contribution < 1.29 is 4.74 Å². The van der Waals surface area contributed by atoms with E-state index in [9.17, 15) is 0 Å². The zero-order chi connectivity index (χ0) is 14.7. The molecule has 2 aromatic rings. The zero-order valence-corrected chi connectivity index (χ0v) is 12.1. The maximum Gasteiger partial charge on any atom is 0.122 e. The molecular formula is C18H18N2O. The minimum Gasteiger partial charge on any atom is -0.493 e. The molecule has 3 heteroatoms. The van der Waals surface area contributed by atoms with Gasteiger partial charge in [-0.3, -0.25) is 0 Å². The SMILES string of the molecule is CC(NCc1cccc(C#N)c1)c1ccc2c(c1)CCO2. The number of ether oxygens (including phenoxy) is 1. The van der Waals surface area contributed by atoms with Crippen LogP contribution in [0.1, 0.15) is 35.2 Å². The number of benzene rings is 2. The van der Waals surface area contributed by atoms with Crippen molar-refractivity contribution in [3.8, 4) is 11.8 Å². The summed E-state index contributed by atoms with van der Waals surface area (Å²) in [7, 11) is 0. The highest BCUT2D eigenvalue weighted by Gasteiger charge is 2.14. The standard InChI is InChI=1S/C18H18N2O/c1-13(16-5-6-18-17(10-16)7-8-21-18)20-12-15-4-2-3-14(9-15)11-19/h2-6,9-10,13,20H,7-8,12H2,1H3. The van der Waals surface area contributed by atoms with Gasteiger partial charge in [-0.05, 0) is 41.8 Å². The fourth-order valence-electron chi connectivity index (χ4n) is 2.62. The van der Waals surface area contributed by atoms with Crippen LogP contribution in [-0.4, -0.2) is 6.61 Å². The van der Waals surface area contributed by atoms with E-state index in [4.69, 9.17) is 10.00 Å². The predicted molar refractivity (Wildman–Crippen MR) is 82.1 cm³/mol. The van der Waals surface area contributed by atoms with E-state index in [0.717, 1.165) is 30.9 Å². The highest BCUT2D eigenvalue weighted by Crippen LogP contribution is 2.28. The summed E-state index contributed by atoms with van der Waals surface area (Å²) in [5.74, 6) is 1.02. The van der Waals surface area contributed by atoms with Crippen LogP contribution in [0.5, 0.6) is 5.75 Å². The second kappa shape index (κ2) is 5.99. The Hall–Kier alpha value is -2.31. The van der Waals surface area contributed by atoms with Gasteiger partial charge in [0.2, 0.25) is 0 Å². The first-order chi connectivity index (χ1) is 10.3. The smallest absolute Gasteiger partial charge is 0.122 e. The first-order valence-electron chi connectivity index (χ1n) is 7.24. The Morgan fingerprint density at radius 3 is 3.05 bits per heavy atom. The van der Waals surface area contributed by atoms with Crippen molar-refractivity contribution in [3.05, 3.63) is 64.7 Å². The molecule has 106 valence electrons. The van der Waals surface area contributed by atoms with Crippen LogP contribution in [0.2, 0.25) is 0 Å². The van der Waals surface area contributed by atoms with E-state index in [-0.39, 0.29) is 6.04 Å². The van der Waals surface area contributed by atoms with E-state index in [2.05, 4.69) is 36.5 Å². The summed E-state index contributed by atoms with van der Waals surface area (Å²) in [5.41, 5.74) is 4.41. The van der Waals surface area contributed by atoms with Crippen molar-refractivity contribution in [3.63, 3.8) is 0 Å². The van der Waals surface area contributed by atoms with Crippen LogP contribution >= 0.6 is 0 Å². The minimum absolute atomic E-state index is 0.265. The molecule has 3 rings (SSSR count). The van der Waals surface area contributed by atoms with Gasteiger partial charge >= 0.3 is 0 Å². The largest absolute Gasteiger partial charge is 0.493 e. The molecule has 0 radical (unpaired) electrons. The number of fused-ring (bicyclic) bond motifs is 1. The Balaban J connectivity index is 1.66. The van der Waals surface area contributed by atoms with Crippen molar-refractivity contribution in [1.82, 2.24) is 5.32 Å². The Kier molecular flexibility index (Phi) is 3.89. The molecular weight excluding hydrogens is 260 g/mol. The van der Waals surface area contributed by atoms with Gasteiger partial charge in [0.15, 0.2) is 0 Å². The average Bonchev–Trinajstić information content (AvgIpc) is 3.00. The topological polar surface area (TPSA) is 45.0 Å². The summed E-state index contributed by atoms with van der Waals surface area (Å²) in [6.45, 7) is 3.71. The number of hydrogen-bond acceptors (Lipinski definition) is 3. The van der Waals surface area contributed by atoms with Crippen LogP contribution in [-0.2, 0) is 13.0 Å². The number of rotatable bonds is 4. The highest BCUT2D eigenvalue weighted by molar-refractivity contribution is 5.40. The lowest BCUT2D eigenvalue weighted by atomic mass is 10.0. The lowest BCUT2D eigenvalue weighted by molar-refractivity contribution is 0.356. The van der Waals surface area contributed by atoms with Crippen LogP contribution in [0.4, 0.5) is 0 Å². The molecule has 0 saturated carbocycles. The van der Waals surface area contributed by atoms with Crippen LogP contribution in [0.3, 0.4) is 0 Å². The molecule has 1 heterocycles. The fourth-order valence-corrected chi connectivity index (χ4v) is 2.62. The Bertz CT molecular complexity index is 688. The summed E-state index contributed by atoms with van der Waals surface area (Å²) < 4.78 is 5.54. The highest BCUT2D eigenvalue weighted by atomic mass is 16.5. The molecule has 0 aromatic heterocycles. The van der Waals surface area contributed by atoms with Gasteiger partial charge in [0.1, 0.15) is 5.75 Å². The van der Waals surface area contributed by atoms with E-state index in [1.165, 1.54) is 11.1 Å². The number of nitrogens with zero attached hydrogens (tertiary/aromatic N) is 1. The molecule has 3 nitrogen and oxygen atoms in total. The third kappa shape index (κ3) is 3.07. The van der Waals surface area contributed by atoms with Crippen LogP contribution < -0.4 is 10.1 Å². The van der Waals surface area contributed by atoms with Gasteiger partial charge < -0.3 is 10.1 Å². The van der Waals surface area contributed by atoms with Gasteiger partial charge in [0.05, 0.1) is 18.2 Å². The maximum absolute atomic E-state index is 8.92. The van der Waals surface area contributed by atoms with E-state index in [1.54, 1.807) is 0 Å².